The molecule has 328 valence electrons. The predicted octanol–water partition coefficient (Wildman–Crippen LogP) is 19.3. The van der Waals surface area contributed by atoms with E-state index in [0.717, 1.165) is 17.1 Å². The van der Waals surface area contributed by atoms with E-state index in [1.54, 1.807) is 0 Å². The molecule has 0 saturated heterocycles. The van der Waals surface area contributed by atoms with Crippen molar-refractivity contribution in [3.05, 3.63) is 283 Å². The molecule has 1 nitrogen and oxygen atoms in total. The van der Waals surface area contributed by atoms with E-state index >= 15 is 0 Å². The number of benzene rings is 11. The topological polar surface area (TPSA) is 3.24 Å². The second kappa shape index (κ2) is 16.4. The lowest BCUT2D eigenvalue weighted by Gasteiger charge is -2.34. The molecule has 0 atom stereocenters. The van der Waals surface area contributed by atoms with Gasteiger partial charge in [-0.3, -0.25) is 0 Å². The summed E-state index contributed by atoms with van der Waals surface area (Å²) in [5, 5.41) is 5.29. The lowest BCUT2D eigenvalue weighted by Crippen LogP contribution is -2.28. The Morgan fingerprint density at radius 1 is 0.286 bits per heavy atom. The molecule has 0 bridgehead atoms. The van der Waals surface area contributed by atoms with Crippen LogP contribution in [0.4, 0.5) is 17.1 Å². The molecule has 0 unspecified atom stereocenters. The highest BCUT2D eigenvalue weighted by Crippen LogP contribution is 2.59. The lowest BCUT2D eigenvalue weighted by molar-refractivity contribution is 0.768. The highest BCUT2D eigenvalue weighted by molar-refractivity contribution is 7.26. The second-order valence-electron chi connectivity index (χ2n) is 18.4. The Kier molecular flexibility index (Phi) is 9.55. The zero-order valence-corrected chi connectivity index (χ0v) is 39.7. The summed E-state index contributed by atoms with van der Waals surface area (Å²) < 4.78 is 5.29. The summed E-state index contributed by atoms with van der Waals surface area (Å²) in [6.45, 7) is 0. The first-order valence-corrected chi connectivity index (χ1v) is 25.6. The minimum atomic E-state index is -0.509. The summed E-state index contributed by atoms with van der Waals surface area (Å²) in [5.74, 6) is 0. The first-order valence-electron chi connectivity index (χ1n) is 24.0. The van der Waals surface area contributed by atoms with Gasteiger partial charge in [-0.15, -0.1) is 22.7 Å². The molecule has 0 aliphatic heterocycles. The number of nitrogens with zero attached hydrogens (tertiary/aromatic N) is 1. The molecule has 2 heterocycles. The molecule has 70 heavy (non-hydrogen) atoms. The van der Waals surface area contributed by atoms with Crippen LogP contribution in [0.1, 0.15) is 22.3 Å². The fourth-order valence-electron chi connectivity index (χ4n) is 11.4. The Hall–Kier alpha value is -8.34. The molecule has 11 aromatic carbocycles. The minimum Gasteiger partial charge on any atom is -0.310 e. The molecule has 0 saturated carbocycles. The maximum absolute atomic E-state index is 2.47. The van der Waals surface area contributed by atoms with Crippen LogP contribution in [0.5, 0.6) is 0 Å². The van der Waals surface area contributed by atoms with Crippen LogP contribution in [0.3, 0.4) is 0 Å². The lowest BCUT2D eigenvalue weighted by atomic mass is 9.68. The van der Waals surface area contributed by atoms with Gasteiger partial charge in [0.2, 0.25) is 0 Å². The van der Waals surface area contributed by atoms with Gasteiger partial charge in [0.05, 0.1) is 11.1 Å². The molecule has 0 spiro atoms. The summed E-state index contributed by atoms with van der Waals surface area (Å²) in [6, 6.07) is 96.8. The summed E-state index contributed by atoms with van der Waals surface area (Å²) in [4.78, 5) is 2.47. The largest absolute Gasteiger partial charge is 0.310 e. The molecule has 0 N–H and O–H groups in total. The summed E-state index contributed by atoms with van der Waals surface area (Å²) in [6.07, 6.45) is 0. The van der Waals surface area contributed by atoms with Crippen LogP contribution in [0.15, 0.2) is 261 Å². The Labute approximate surface area is 415 Å². The van der Waals surface area contributed by atoms with Crippen molar-refractivity contribution in [2.24, 2.45) is 0 Å². The maximum Gasteiger partial charge on any atom is 0.0714 e. The van der Waals surface area contributed by atoms with Crippen LogP contribution in [-0.4, -0.2) is 0 Å². The Balaban J connectivity index is 0.892. The highest BCUT2D eigenvalue weighted by Gasteiger charge is 2.47. The number of hydrogen-bond acceptors (Lipinski definition) is 3. The predicted molar refractivity (Wildman–Crippen MR) is 301 cm³/mol. The van der Waals surface area contributed by atoms with Crippen molar-refractivity contribution in [1.29, 1.82) is 0 Å². The van der Waals surface area contributed by atoms with Gasteiger partial charge >= 0.3 is 0 Å². The van der Waals surface area contributed by atoms with Gasteiger partial charge in [-0.2, -0.15) is 0 Å². The molecule has 1 aliphatic rings. The van der Waals surface area contributed by atoms with Gasteiger partial charge in [-0.1, -0.05) is 200 Å². The monoisotopic (exact) mass is 925 g/mol. The van der Waals surface area contributed by atoms with Crippen molar-refractivity contribution in [3.8, 4) is 44.5 Å². The average molecular weight is 926 g/mol. The van der Waals surface area contributed by atoms with Crippen molar-refractivity contribution in [2.45, 2.75) is 5.41 Å². The van der Waals surface area contributed by atoms with Crippen LogP contribution in [0.2, 0.25) is 0 Å². The van der Waals surface area contributed by atoms with Gasteiger partial charge < -0.3 is 4.90 Å². The number of hydrogen-bond donors (Lipinski definition) is 0. The van der Waals surface area contributed by atoms with Crippen LogP contribution in [0, 0.1) is 0 Å². The third-order valence-electron chi connectivity index (χ3n) is 14.6. The highest BCUT2D eigenvalue weighted by atomic mass is 32.1. The van der Waals surface area contributed by atoms with Gasteiger partial charge in [0.25, 0.3) is 0 Å². The summed E-state index contributed by atoms with van der Waals surface area (Å²) in [5.41, 5.74) is 17.7. The van der Waals surface area contributed by atoms with Crippen molar-refractivity contribution in [2.75, 3.05) is 4.90 Å². The summed E-state index contributed by atoms with van der Waals surface area (Å²) in [7, 11) is 0. The third kappa shape index (κ3) is 6.43. The van der Waals surface area contributed by atoms with Gasteiger partial charge in [-0.05, 0) is 122 Å². The quantitative estimate of drug-likeness (QED) is 0.147. The fourth-order valence-corrected chi connectivity index (χ4v) is 13.6. The van der Waals surface area contributed by atoms with E-state index < -0.39 is 5.41 Å². The molecular formula is C67H43NS2. The fraction of sp³-hybridized carbons (Fsp3) is 0.0149. The molecule has 0 radical (unpaired) electrons. The van der Waals surface area contributed by atoms with Crippen molar-refractivity contribution in [1.82, 2.24) is 0 Å². The molecular weight excluding hydrogens is 883 g/mol. The zero-order chi connectivity index (χ0) is 46.2. The smallest absolute Gasteiger partial charge is 0.0714 e. The number of anilines is 3. The number of thiophene rings is 2. The Morgan fingerprint density at radius 3 is 1.37 bits per heavy atom. The third-order valence-corrected chi connectivity index (χ3v) is 16.9. The number of fused-ring (bicyclic) bond motifs is 9. The SMILES string of the molecule is c1ccc(C2(c3ccccc3)c3ccccc3-c3c(N(c4ccc(-c5ccc(-c6ccc7sc8ccccc8c7c6)cc5)cc4)c4ccc(-c5ccc6c(c5)sc5ccccc56)cc4)cccc32)cc1. The molecule has 0 fully saturated rings. The Morgan fingerprint density at radius 2 is 0.729 bits per heavy atom. The maximum atomic E-state index is 2.47. The normalized spacial score (nSPS) is 12.7. The van der Waals surface area contributed by atoms with E-state index in [2.05, 4.69) is 266 Å². The van der Waals surface area contributed by atoms with Gasteiger partial charge in [0.15, 0.2) is 0 Å². The van der Waals surface area contributed by atoms with E-state index in [9.17, 15) is 0 Å². The van der Waals surface area contributed by atoms with Gasteiger partial charge in [-0.25, -0.2) is 0 Å². The van der Waals surface area contributed by atoms with Gasteiger partial charge in [0.1, 0.15) is 0 Å². The average Bonchev–Trinajstić information content (AvgIpc) is 4.10. The van der Waals surface area contributed by atoms with Gasteiger partial charge in [0, 0.05) is 57.3 Å². The first kappa shape index (κ1) is 40.7. The molecule has 13 aromatic rings. The van der Waals surface area contributed by atoms with Crippen LogP contribution >= 0.6 is 22.7 Å². The second-order valence-corrected chi connectivity index (χ2v) is 20.5. The van der Waals surface area contributed by atoms with Crippen molar-refractivity contribution in [3.63, 3.8) is 0 Å². The molecule has 14 rings (SSSR count). The van der Waals surface area contributed by atoms with Crippen LogP contribution < -0.4 is 4.90 Å². The van der Waals surface area contributed by atoms with Crippen LogP contribution in [0.25, 0.3) is 84.9 Å². The van der Waals surface area contributed by atoms with E-state index in [0.29, 0.717) is 0 Å². The molecule has 2 aromatic heterocycles. The first-order chi connectivity index (χ1) is 34.7. The van der Waals surface area contributed by atoms with E-state index in [-0.39, 0.29) is 0 Å². The summed E-state index contributed by atoms with van der Waals surface area (Å²) >= 11 is 3.73. The molecule has 1 aliphatic carbocycles. The standard InChI is InChI=1S/C67H43NS2/c1-3-14-50(15-4-1)67(51-16-5-2-6-17-51)59-21-10-7-20-57(59)66-60(67)22-13-23-61(66)68(53-38-32-47(33-39-53)49-34-40-56-54-18-8-11-24-62(54)70-65(56)43-49)52-36-30-45(31-37-52)44-26-28-46(29-27-44)48-35-41-64-58(42-48)55-19-9-12-25-63(55)69-64/h1-43H. The number of rotatable bonds is 8. The van der Waals surface area contributed by atoms with Crippen molar-refractivity contribution < 1.29 is 0 Å². The zero-order valence-electron chi connectivity index (χ0n) is 38.1. The van der Waals surface area contributed by atoms with Crippen LogP contribution in [-0.2, 0) is 5.41 Å². The minimum absolute atomic E-state index is 0.509. The molecule has 0 amide bonds. The Bertz CT molecular complexity index is 4050. The molecule has 3 heteroatoms. The van der Waals surface area contributed by atoms with E-state index in [4.69, 9.17) is 0 Å². The van der Waals surface area contributed by atoms with Crippen molar-refractivity contribution >= 4 is 80.1 Å². The van der Waals surface area contributed by atoms with E-state index in [1.807, 2.05) is 22.7 Å². The van der Waals surface area contributed by atoms with E-state index in [1.165, 1.54) is 107 Å².